The van der Waals surface area contributed by atoms with Gasteiger partial charge in [-0.1, -0.05) is 0 Å². The predicted octanol–water partition coefficient (Wildman–Crippen LogP) is 0.531. The van der Waals surface area contributed by atoms with E-state index in [0.29, 0.717) is 5.82 Å². The van der Waals surface area contributed by atoms with Gasteiger partial charge in [-0.3, -0.25) is 4.90 Å². The fraction of sp³-hybridized carbons (Fsp3) is 0.636. The molecular formula is C11H20N6S. The molecule has 0 aromatic carbocycles. The van der Waals surface area contributed by atoms with Crippen LogP contribution >= 0.6 is 11.8 Å². The zero-order valence-electron chi connectivity index (χ0n) is 10.6. The molecule has 0 atom stereocenters. The first-order valence-electron chi connectivity index (χ1n) is 6.13. The van der Waals surface area contributed by atoms with E-state index in [4.69, 9.17) is 5.84 Å². The van der Waals surface area contributed by atoms with Crippen LogP contribution < -0.4 is 16.6 Å². The van der Waals surface area contributed by atoms with Crippen LogP contribution in [0.2, 0.25) is 0 Å². The van der Waals surface area contributed by atoms with Crippen molar-refractivity contribution in [1.82, 2.24) is 14.9 Å². The molecule has 2 heterocycles. The number of rotatable bonds is 5. The van der Waals surface area contributed by atoms with Gasteiger partial charge in [0.05, 0.1) is 0 Å². The second-order valence-electron chi connectivity index (χ2n) is 4.22. The van der Waals surface area contributed by atoms with E-state index in [-0.39, 0.29) is 0 Å². The lowest BCUT2D eigenvalue weighted by molar-refractivity contribution is 0.314. The third kappa shape index (κ3) is 3.47. The van der Waals surface area contributed by atoms with Crippen molar-refractivity contribution < 1.29 is 0 Å². The fourth-order valence-electron chi connectivity index (χ4n) is 1.93. The van der Waals surface area contributed by atoms with Crippen LogP contribution in [0.3, 0.4) is 0 Å². The minimum Gasteiger partial charge on any atom is -0.368 e. The van der Waals surface area contributed by atoms with Gasteiger partial charge in [0, 0.05) is 43.2 Å². The van der Waals surface area contributed by atoms with Crippen molar-refractivity contribution in [2.24, 2.45) is 5.84 Å². The molecule has 6 nitrogen and oxygen atoms in total. The Labute approximate surface area is 112 Å². The van der Waals surface area contributed by atoms with Crippen LogP contribution in [0.25, 0.3) is 0 Å². The number of hydrogen-bond donors (Lipinski definition) is 3. The molecule has 1 fully saturated rings. The van der Waals surface area contributed by atoms with Gasteiger partial charge in [-0.2, -0.15) is 11.8 Å². The molecular weight excluding hydrogens is 248 g/mol. The maximum Gasteiger partial charge on any atom is 0.148 e. The number of anilines is 2. The quantitative estimate of drug-likeness (QED) is 0.531. The van der Waals surface area contributed by atoms with Crippen LogP contribution in [-0.2, 0) is 0 Å². The molecule has 0 bridgehead atoms. The molecule has 0 saturated carbocycles. The van der Waals surface area contributed by atoms with E-state index in [1.165, 1.54) is 30.9 Å². The van der Waals surface area contributed by atoms with E-state index in [1.807, 2.05) is 18.7 Å². The Morgan fingerprint density at radius 1 is 1.33 bits per heavy atom. The SMILES string of the molecule is Cc1c(NN)ncnc1NCCN1CCSCC1. The van der Waals surface area contributed by atoms with E-state index in [0.717, 1.165) is 24.5 Å². The average Bonchev–Trinajstić information content (AvgIpc) is 2.42. The lowest BCUT2D eigenvalue weighted by atomic mass is 10.3. The first-order valence-corrected chi connectivity index (χ1v) is 7.29. The summed E-state index contributed by atoms with van der Waals surface area (Å²) in [5.74, 6) is 9.39. The molecule has 2 rings (SSSR count). The van der Waals surface area contributed by atoms with E-state index in [9.17, 15) is 0 Å². The lowest BCUT2D eigenvalue weighted by Gasteiger charge is -2.26. The molecule has 0 aliphatic carbocycles. The Morgan fingerprint density at radius 2 is 2.06 bits per heavy atom. The highest BCUT2D eigenvalue weighted by molar-refractivity contribution is 7.99. The molecule has 1 aromatic rings. The summed E-state index contributed by atoms with van der Waals surface area (Å²) in [6.07, 6.45) is 1.52. The van der Waals surface area contributed by atoms with Gasteiger partial charge in [-0.05, 0) is 6.92 Å². The monoisotopic (exact) mass is 268 g/mol. The van der Waals surface area contributed by atoms with Crippen molar-refractivity contribution in [2.45, 2.75) is 6.92 Å². The third-order valence-electron chi connectivity index (χ3n) is 3.04. The number of nitrogens with two attached hydrogens (primary N) is 1. The van der Waals surface area contributed by atoms with Gasteiger partial charge < -0.3 is 10.7 Å². The molecule has 100 valence electrons. The number of hydrazine groups is 1. The smallest absolute Gasteiger partial charge is 0.148 e. The molecule has 1 aromatic heterocycles. The van der Waals surface area contributed by atoms with Crippen molar-refractivity contribution in [3.8, 4) is 0 Å². The van der Waals surface area contributed by atoms with Gasteiger partial charge in [0.25, 0.3) is 0 Å². The van der Waals surface area contributed by atoms with E-state index < -0.39 is 0 Å². The standard InChI is InChI=1S/C11H20N6S/c1-9-10(14-8-15-11(9)16-12)13-2-3-17-4-6-18-7-5-17/h8H,2-7,12H2,1H3,(H2,13,14,15,16). The Hall–Kier alpha value is -1.05. The average molecular weight is 268 g/mol. The van der Waals surface area contributed by atoms with Crippen molar-refractivity contribution in [2.75, 3.05) is 48.4 Å². The second-order valence-corrected chi connectivity index (χ2v) is 5.45. The van der Waals surface area contributed by atoms with Crippen LogP contribution in [0.15, 0.2) is 6.33 Å². The highest BCUT2D eigenvalue weighted by Gasteiger charge is 2.10. The van der Waals surface area contributed by atoms with Gasteiger partial charge >= 0.3 is 0 Å². The summed E-state index contributed by atoms with van der Waals surface area (Å²) in [6.45, 7) is 6.27. The topological polar surface area (TPSA) is 79.1 Å². The van der Waals surface area contributed by atoms with Gasteiger partial charge in [-0.25, -0.2) is 15.8 Å². The molecule has 0 spiro atoms. The van der Waals surface area contributed by atoms with Crippen molar-refractivity contribution in [3.05, 3.63) is 11.9 Å². The lowest BCUT2D eigenvalue weighted by Crippen LogP contribution is -2.36. The van der Waals surface area contributed by atoms with Gasteiger partial charge in [0.1, 0.15) is 18.0 Å². The highest BCUT2D eigenvalue weighted by atomic mass is 32.2. The molecule has 1 aliphatic heterocycles. The number of hydrogen-bond acceptors (Lipinski definition) is 7. The highest BCUT2D eigenvalue weighted by Crippen LogP contribution is 2.16. The molecule has 0 radical (unpaired) electrons. The van der Waals surface area contributed by atoms with E-state index >= 15 is 0 Å². The van der Waals surface area contributed by atoms with Gasteiger partial charge in [-0.15, -0.1) is 0 Å². The maximum absolute atomic E-state index is 5.39. The number of nitrogens with zero attached hydrogens (tertiary/aromatic N) is 3. The molecule has 0 unspecified atom stereocenters. The summed E-state index contributed by atoms with van der Waals surface area (Å²) in [4.78, 5) is 10.8. The van der Waals surface area contributed by atoms with Crippen LogP contribution in [-0.4, -0.2) is 52.6 Å². The largest absolute Gasteiger partial charge is 0.368 e. The molecule has 0 amide bonds. The minimum absolute atomic E-state index is 0.668. The number of thioether (sulfide) groups is 1. The Morgan fingerprint density at radius 3 is 2.78 bits per heavy atom. The van der Waals surface area contributed by atoms with Gasteiger partial charge in [0.15, 0.2) is 0 Å². The fourth-order valence-corrected chi connectivity index (χ4v) is 2.91. The van der Waals surface area contributed by atoms with Crippen LogP contribution in [0, 0.1) is 6.92 Å². The molecule has 1 saturated heterocycles. The summed E-state index contributed by atoms with van der Waals surface area (Å²) >= 11 is 2.03. The third-order valence-corrected chi connectivity index (χ3v) is 3.99. The minimum atomic E-state index is 0.668. The summed E-state index contributed by atoms with van der Waals surface area (Å²) in [5.41, 5.74) is 3.52. The summed E-state index contributed by atoms with van der Waals surface area (Å²) in [6, 6.07) is 0. The zero-order chi connectivity index (χ0) is 12.8. The first kappa shape index (κ1) is 13.4. The Kier molecular flexibility index (Phi) is 5.03. The van der Waals surface area contributed by atoms with E-state index in [2.05, 4.69) is 25.6 Å². The Bertz CT molecular complexity index is 380. The van der Waals surface area contributed by atoms with Crippen LogP contribution in [0.5, 0.6) is 0 Å². The van der Waals surface area contributed by atoms with Gasteiger partial charge in [0.2, 0.25) is 0 Å². The number of nitrogen functional groups attached to an aromatic ring is 1. The first-order chi connectivity index (χ1) is 8.81. The van der Waals surface area contributed by atoms with Crippen molar-refractivity contribution >= 4 is 23.4 Å². The molecule has 1 aliphatic rings. The van der Waals surface area contributed by atoms with Crippen LogP contribution in [0.4, 0.5) is 11.6 Å². The van der Waals surface area contributed by atoms with Crippen LogP contribution in [0.1, 0.15) is 5.56 Å². The van der Waals surface area contributed by atoms with Crippen molar-refractivity contribution in [1.29, 1.82) is 0 Å². The normalized spacial score (nSPS) is 16.6. The zero-order valence-corrected chi connectivity index (χ0v) is 11.5. The maximum atomic E-state index is 5.39. The molecule has 4 N–H and O–H groups in total. The van der Waals surface area contributed by atoms with Crippen molar-refractivity contribution in [3.63, 3.8) is 0 Å². The molecule has 18 heavy (non-hydrogen) atoms. The molecule has 7 heteroatoms. The number of nitrogens with one attached hydrogen (secondary N) is 2. The summed E-state index contributed by atoms with van der Waals surface area (Å²) in [5, 5.41) is 3.34. The summed E-state index contributed by atoms with van der Waals surface area (Å²) < 4.78 is 0. The number of aromatic nitrogens is 2. The summed E-state index contributed by atoms with van der Waals surface area (Å²) in [7, 11) is 0. The second kappa shape index (κ2) is 6.77. The predicted molar refractivity (Wildman–Crippen MR) is 76.8 cm³/mol. The Balaban J connectivity index is 1.82. The van der Waals surface area contributed by atoms with E-state index in [1.54, 1.807) is 0 Å².